The Balaban J connectivity index is 2.48. The highest BCUT2D eigenvalue weighted by Crippen LogP contribution is 2.46. The zero-order valence-electron chi connectivity index (χ0n) is 15.8. The van der Waals surface area contributed by atoms with Gasteiger partial charge in [-0.2, -0.15) is 0 Å². The number of ketones is 1. The van der Waals surface area contributed by atoms with Gasteiger partial charge in [-0.05, 0) is 36.5 Å². The van der Waals surface area contributed by atoms with E-state index in [1.54, 1.807) is 6.08 Å². The Hall–Kier alpha value is -2.21. The van der Waals surface area contributed by atoms with Gasteiger partial charge in [0.2, 0.25) is 6.08 Å². The smallest absolute Gasteiger partial charge is 0.315 e. The summed E-state index contributed by atoms with van der Waals surface area (Å²) in [5.41, 5.74) is -0.195. The summed E-state index contributed by atoms with van der Waals surface area (Å²) in [5, 5.41) is 14.0. The van der Waals surface area contributed by atoms with Crippen LogP contribution in [0.15, 0.2) is 4.99 Å². The van der Waals surface area contributed by atoms with E-state index < -0.39 is 12.0 Å². The van der Waals surface area contributed by atoms with Gasteiger partial charge in [0.25, 0.3) is 0 Å². The zero-order chi connectivity index (χ0) is 19.8. The molecule has 0 aromatic heterocycles. The van der Waals surface area contributed by atoms with Crippen LogP contribution in [0.25, 0.3) is 0 Å². The molecule has 0 heterocycles. The van der Waals surface area contributed by atoms with Gasteiger partial charge >= 0.3 is 12.0 Å². The van der Waals surface area contributed by atoms with Crippen LogP contribution in [-0.4, -0.2) is 48.1 Å². The number of carbonyl (C=O) groups is 3. The van der Waals surface area contributed by atoms with Crippen LogP contribution in [0.1, 0.15) is 59.3 Å². The third-order valence-electron chi connectivity index (χ3n) is 4.60. The number of isocyanates is 1. The molecule has 8 heteroatoms. The molecule has 1 aliphatic rings. The Kier molecular flexibility index (Phi) is 7.96. The quantitative estimate of drug-likeness (QED) is 0.425. The first kappa shape index (κ1) is 21.8. The van der Waals surface area contributed by atoms with Crippen molar-refractivity contribution in [2.24, 2.45) is 15.8 Å². The highest BCUT2D eigenvalue weighted by molar-refractivity contribution is 5.85. The van der Waals surface area contributed by atoms with Crippen LogP contribution in [0.3, 0.4) is 0 Å². The van der Waals surface area contributed by atoms with Crippen molar-refractivity contribution in [3.63, 3.8) is 0 Å². The Morgan fingerprint density at radius 2 is 1.88 bits per heavy atom. The maximum Gasteiger partial charge on any atom is 0.315 e. The number of nitrogens with one attached hydrogen (secondary N) is 2. The van der Waals surface area contributed by atoms with Crippen molar-refractivity contribution < 1.29 is 24.3 Å². The lowest BCUT2D eigenvalue weighted by molar-refractivity contribution is -0.137. The molecule has 1 aliphatic carbocycles. The highest BCUT2D eigenvalue weighted by Gasteiger charge is 2.41. The molecule has 146 valence electrons. The van der Waals surface area contributed by atoms with Crippen LogP contribution in [0.4, 0.5) is 4.79 Å². The number of hydrogen-bond acceptors (Lipinski definition) is 5. The standard InChI is InChI=1S/C18H29N3O5/c1-17(2)7-13(8-18(3,10-17)11-19-12-22)21-16(26)20-9-14(23)5-4-6-15(24)25/h13H,4-11H2,1-3H3,(H,24,25)(H2,20,21,26). The summed E-state index contributed by atoms with van der Waals surface area (Å²) in [6.45, 7) is 6.55. The van der Waals surface area contributed by atoms with Crippen LogP contribution in [0.2, 0.25) is 0 Å². The number of nitrogens with zero attached hydrogens (tertiary/aromatic N) is 1. The van der Waals surface area contributed by atoms with Crippen molar-refractivity contribution in [3.8, 4) is 0 Å². The summed E-state index contributed by atoms with van der Waals surface area (Å²) in [6.07, 6.45) is 4.31. The molecule has 0 radical (unpaired) electrons. The molecule has 0 aromatic carbocycles. The van der Waals surface area contributed by atoms with Crippen molar-refractivity contribution in [1.82, 2.24) is 10.6 Å². The Bertz CT molecular complexity index is 583. The number of rotatable bonds is 9. The van der Waals surface area contributed by atoms with Crippen LogP contribution < -0.4 is 10.6 Å². The van der Waals surface area contributed by atoms with Crippen LogP contribution in [0.5, 0.6) is 0 Å². The molecule has 2 amide bonds. The number of Topliss-reactive ketones (excluding diaryl/α,β-unsaturated/α-hetero) is 1. The maximum absolute atomic E-state index is 12.1. The van der Waals surface area contributed by atoms with E-state index in [0.29, 0.717) is 13.0 Å². The van der Waals surface area contributed by atoms with E-state index in [9.17, 15) is 19.2 Å². The highest BCUT2D eigenvalue weighted by atomic mass is 16.4. The van der Waals surface area contributed by atoms with E-state index in [2.05, 4.69) is 29.5 Å². The number of urea groups is 1. The first-order valence-corrected chi connectivity index (χ1v) is 8.87. The molecule has 0 bridgehead atoms. The Morgan fingerprint density at radius 3 is 2.50 bits per heavy atom. The molecule has 3 N–H and O–H groups in total. The van der Waals surface area contributed by atoms with Crippen molar-refractivity contribution >= 4 is 23.9 Å². The molecule has 2 atom stereocenters. The molecule has 26 heavy (non-hydrogen) atoms. The van der Waals surface area contributed by atoms with Crippen molar-refractivity contribution in [3.05, 3.63) is 0 Å². The molecule has 0 spiro atoms. The molecular formula is C18H29N3O5. The van der Waals surface area contributed by atoms with Crippen LogP contribution in [0, 0.1) is 10.8 Å². The zero-order valence-corrected chi connectivity index (χ0v) is 15.8. The van der Waals surface area contributed by atoms with Gasteiger partial charge in [0, 0.05) is 18.9 Å². The van der Waals surface area contributed by atoms with E-state index in [0.717, 1.165) is 12.8 Å². The fourth-order valence-electron chi connectivity index (χ4n) is 4.02. The molecule has 8 nitrogen and oxygen atoms in total. The second-order valence-electron chi connectivity index (χ2n) is 8.28. The maximum atomic E-state index is 12.1. The summed E-state index contributed by atoms with van der Waals surface area (Å²) in [5.74, 6) is -1.14. The van der Waals surface area contributed by atoms with Gasteiger partial charge < -0.3 is 15.7 Å². The number of aliphatic imine (C=N–C) groups is 1. The number of hydrogen-bond donors (Lipinski definition) is 3. The number of carbonyl (C=O) groups excluding carboxylic acids is 3. The second-order valence-corrected chi connectivity index (χ2v) is 8.28. The van der Waals surface area contributed by atoms with E-state index >= 15 is 0 Å². The minimum absolute atomic E-state index is 0.00397. The molecule has 2 unspecified atom stereocenters. The van der Waals surface area contributed by atoms with Gasteiger partial charge in [-0.3, -0.25) is 9.59 Å². The normalized spacial score (nSPS) is 24.2. The average Bonchev–Trinajstić information content (AvgIpc) is 2.48. The van der Waals surface area contributed by atoms with E-state index in [4.69, 9.17) is 5.11 Å². The predicted molar refractivity (Wildman–Crippen MR) is 95.5 cm³/mol. The van der Waals surface area contributed by atoms with Gasteiger partial charge in [-0.1, -0.05) is 20.8 Å². The lowest BCUT2D eigenvalue weighted by Crippen LogP contribution is -2.51. The first-order valence-electron chi connectivity index (χ1n) is 8.87. The summed E-state index contributed by atoms with van der Waals surface area (Å²) < 4.78 is 0. The number of amides is 2. The largest absolute Gasteiger partial charge is 0.481 e. The topological polar surface area (TPSA) is 125 Å². The predicted octanol–water partition coefficient (Wildman–Crippen LogP) is 2.03. The summed E-state index contributed by atoms with van der Waals surface area (Å²) in [7, 11) is 0. The first-order chi connectivity index (χ1) is 12.1. The van der Waals surface area contributed by atoms with Crippen LogP contribution in [-0.2, 0) is 14.4 Å². The fourth-order valence-corrected chi connectivity index (χ4v) is 4.02. The van der Waals surface area contributed by atoms with Gasteiger partial charge in [0.1, 0.15) is 0 Å². The summed E-state index contributed by atoms with van der Waals surface area (Å²) in [6, 6.07) is -0.492. The third kappa shape index (κ3) is 8.25. The van der Waals surface area contributed by atoms with E-state index in [1.165, 1.54) is 0 Å². The van der Waals surface area contributed by atoms with Crippen molar-refractivity contribution in [2.75, 3.05) is 13.1 Å². The number of carboxylic acids is 1. The molecule has 1 saturated carbocycles. The van der Waals surface area contributed by atoms with Gasteiger partial charge in [-0.15, -0.1) is 0 Å². The third-order valence-corrected chi connectivity index (χ3v) is 4.60. The summed E-state index contributed by atoms with van der Waals surface area (Å²) >= 11 is 0. The molecule has 1 rings (SSSR count). The summed E-state index contributed by atoms with van der Waals surface area (Å²) in [4.78, 5) is 48.3. The molecule has 1 fully saturated rings. The number of aliphatic carboxylic acids is 1. The molecule has 0 aromatic rings. The van der Waals surface area contributed by atoms with Crippen LogP contribution >= 0.6 is 0 Å². The Morgan fingerprint density at radius 1 is 1.19 bits per heavy atom. The minimum Gasteiger partial charge on any atom is -0.481 e. The second kappa shape index (κ2) is 9.48. The fraction of sp³-hybridized carbons (Fsp3) is 0.778. The van der Waals surface area contributed by atoms with E-state index in [1.807, 2.05) is 6.92 Å². The Labute approximate surface area is 153 Å². The molecule has 0 aliphatic heterocycles. The van der Waals surface area contributed by atoms with Crippen molar-refractivity contribution in [2.45, 2.75) is 65.3 Å². The monoisotopic (exact) mass is 367 g/mol. The van der Waals surface area contributed by atoms with Crippen molar-refractivity contribution in [1.29, 1.82) is 0 Å². The van der Waals surface area contributed by atoms with E-state index in [-0.39, 0.29) is 48.5 Å². The lowest BCUT2D eigenvalue weighted by atomic mass is 9.62. The van der Waals surface area contributed by atoms with Gasteiger partial charge in [0.05, 0.1) is 13.1 Å². The SMILES string of the molecule is CC1(C)CC(NC(=O)NCC(=O)CCCC(=O)O)CC(C)(CN=C=O)C1. The lowest BCUT2D eigenvalue weighted by Gasteiger charge is -2.46. The molecular weight excluding hydrogens is 338 g/mol. The molecule has 0 saturated heterocycles. The average molecular weight is 367 g/mol. The minimum atomic E-state index is -0.939. The number of carboxylic acid groups (broad SMARTS) is 1. The van der Waals surface area contributed by atoms with Gasteiger partial charge in [-0.25, -0.2) is 14.6 Å². The van der Waals surface area contributed by atoms with Gasteiger partial charge in [0.15, 0.2) is 5.78 Å².